The van der Waals surface area contributed by atoms with E-state index in [1.165, 1.54) is 17.4 Å². The Balaban J connectivity index is 1.82. The molecule has 1 aromatic heterocycles. The topological polar surface area (TPSA) is 54.0 Å². The Morgan fingerprint density at radius 3 is 2.48 bits per heavy atom. The van der Waals surface area contributed by atoms with Crippen molar-refractivity contribution >= 4 is 38.4 Å². The molecule has 0 fully saturated rings. The number of aryl methyl sites for hydroxylation is 2. The lowest BCUT2D eigenvalue weighted by Crippen LogP contribution is -2.20. The number of halogens is 2. The third kappa shape index (κ3) is 3.00. The minimum atomic E-state index is -0.837. The fourth-order valence-electron chi connectivity index (χ4n) is 2.14. The number of nitrogens with zero attached hydrogens (tertiary/aromatic N) is 1. The summed E-state index contributed by atoms with van der Waals surface area (Å²) in [6, 6.07) is 6.53. The van der Waals surface area contributed by atoms with Crippen molar-refractivity contribution < 1.29 is 13.6 Å². The van der Waals surface area contributed by atoms with Crippen LogP contribution in [0.2, 0.25) is 0 Å². The van der Waals surface area contributed by atoms with Gasteiger partial charge in [0.1, 0.15) is 17.3 Å². The average Bonchev–Trinajstić information content (AvgIpc) is 2.90. The molecule has 0 spiro atoms. The number of nitrogens with one attached hydrogen (secondary N) is 2. The van der Waals surface area contributed by atoms with Gasteiger partial charge in [0.2, 0.25) is 0 Å². The molecule has 0 bridgehead atoms. The van der Waals surface area contributed by atoms with Crippen LogP contribution in [0.4, 0.5) is 24.4 Å². The smallest absolute Gasteiger partial charge is 0.302 e. The van der Waals surface area contributed by atoms with E-state index in [0.717, 1.165) is 33.5 Å². The van der Waals surface area contributed by atoms with Gasteiger partial charge in [-0.2, -0.15) is 0 Å². The molecule has 0 aliphatic rings. The molecular weight excluding hydrogens is 320 g/mol. The van der Waals surface area contributed by atoms with Crippen LogP contribution in [0.25, 0.3) is 10.2 Å². The maximum absolute atomic E-state index is 13.5. The van der Waals surface area contributed by atoms with Gasteiger partial charge < -0.3 is 5.32 Å². The lowest BCUT2D eigenvalue weighted by molar-refractivity contribution is 0.262. The van der Waals surface area contributed by atoms with Gasteiger partial charge in [-0.25, -0.2) is 18.6 Å². The summed E-state index contributed by atoms with van der Waals surface area (Å²) in [5.74, 6) is -1.67. The molecule has 0 radical (unpaired) electrons. The van der Waals surface area contributed by atoms with Crippen LogP contribution in [-0.2, 0) is 0 Å². The van der Waals surface area contributed by atoms with Crippen molar-refractivity contribution in [2.24, 2.45) is 0 Å². The van der Waals surface area contributed by atoms with Crippen LogP contribution >= 0.6 is 11.3 Å². The predicted molar refractivity (Wildman–Crippen MR) is 88.1 cm³/mol. The Kier molecular flexibility index (Phi) is 3.96. The Morgan fingerprint density at radius 2 is 1.78 bits per heavy atom. The van der Waals surface area contributed by atoms with Gasteiger partial charge >= 0.3 is 6.03 Å². The number of hydrogen-bond acceptors (Lipinski definition) is 3. The molecule has 0 saturated carbocycles. The normalized spacial score (nSPS) is 10.8. The molecule has 7 heteroatoms. The number of rotatable bonds is 2. The number of carbonyl (C=O) groups is 1. The van der Waals surface area contributed by atoms with Crippen LogP contribution in [0.3, 0.4) is 0 Å². The number of benzene rings is 2. The molecule has 0 atom stereocenters. The standard InChI is InChI=1S/C16H13F2N3OS/c1-8-6-7-12-13(9(8)2)20-16(23-12)21-15(22)19-14-10(17)4-3-5-11(14)18/h3-7H,1-2H3,(H2,19,20,21,22). The van der Waals surface area contributed by atoms with E-state index in [1.807, 2.05) is 26.0 Å². The number of para-hydroxylation sites is 1. The van der Waals surface area contributed by atoms with Crippen molar-refractivity contribution in [3.8, 4) is 0 Å². The highest BCUT2D eigenvalue weighted by Crippen LogP contribution is 2.29. The molecule has 0 aliphatic carbocycles. The summed E-state index contributed by atoms with van der Waals surface area (Å²) < 4.78 is 28.0. The monoisotopic (exact) mass is 333 g/mol. The van der Waals surface area contributed by atoms with E-state index >= 15 is 0 Å². The first-order valence-corrected chi connectivity index (χ1v) is 7.66. The number of carbonyl (C=O) groups excluding carboxylic acids is 1. The summed E-state index contributed by atoms with van der Waals surface area (Å²) in [7, 11) is 0. The Bertz CT molecular complexity index is 887. The number of amides is 2. The molecular formula is C16H13F2N3OS. The molecule has 0 unspecified atom stereocenters. The number of aromatic nitrogens is 1. The Morgan fingerprint density at radius 1 is 1.09 bits per heavy atom. The van der Waals surface area contributed by atoms with E-state index < -0.39 is 23.4 Å². The fraction of sp³-hybridized carbons (Fsp3) is 0.125. The van der Waals surface area contributed by atoms with E-state index in [-0.39, 0.29) is 0 Å². The lowest BCUT2D eigenvalue weighted by atomic mass is 10.1. The van der Waals surface area contributed by atoms with Crippen molar-refractivity contribution in [3.05, 3.63) is 53.1 Å². The lowest BCUT2D eigenvalue weighted by Gasteiger charge is -2.07. The van der Waals surface area contributed by atoms with Crippen LogP contribution in [-0.4, -0.2) is 11.0 Å². The number of thiazole rings is 1. The maximum Gasteiger partial charge on any atom is 0.325 e. The highest BCUT2D eigenvalue weighted by molar-refractivity contribution is 7.22. The summed E-state index contributed by atoms with van der Waals surface area (Å²) >= 11 is 1.30. The van der Waals surface area contributed by atoms with Crippen LogP contribution < -0.4 is 10.6 Å². The third-order valence-electron chi connectivity index (χ3n) is 3.51. The van der Waals surface area contributed by atoms with Crippen molar-refractivity contribution in [3.63, 3.8) is 0 Å². The van der Waals surface area contributed by atoms with Crippen molar-refractivity contribution in [2.75, 3.05) is 10.6 Å². The summed E-state index contributed by atoms with van der Waals surface area (Å²) in [4.78, 5) is 16.3. The van der Waals surface area contributed by atoms with Crippen LogP contribution in [0.5, 0.6) is 0 Å². The molecule has 118 valence electrons. The number of anilines is 2. The molecule has 23 heavy (non-hydrogen) atoms. The van der Waals surface area contributed by atoms with Gasteiger partial charge in [-0.1, -0.05) is 23.5 Å². The molecule has 2 aromatic carbocycles. The first kappa shape index (κ1) is 15.4. The predicted octanol–water partition coefficient (Wildman–Crippen LogP) is 4.84. The largest absolute Gasteiger partial charge is 0.325 e. The van der Waals surface area contributed by atoms with Crippen molar-refractivity contribution in [1.29, 1.82) is 0 Å². The van der Waals surface area contributed by atoms with Gasteiger partial charge in [0.15, 0.2) is 5.13 Å². The zero-order chi connectivity index (χ0) is 16.6. The second kappa shape index (κ2) is 5.92. The SMILES string of the molecule is Cc1ccc2sc(NC(=O)Nc3c(F)cccc3F)nc2c1C. The highest BCUT2D eigenvalue weighted by atomic mass is 32.1. The van der Waals surface area contributed by atoms with Crippen LogP contribution in [0.15, 0.2) is 30.3 Å². The molecule has 4 nitrogen and oxygen atoms in total. The van der Waals surface area contributed by atoms with E-state index in [4.69, 9.17) is 0 Å². The van der Waals surface area contributed by atoms with Crippen molar-refractivity contribution in [2.45, 2.75) is 13.8 Å². The highest BCUT2D eigenvalue weighted by Gasteiger charge is 2.14. The van der Waals surface area contributed by atoms with Crippen LogP contribution in [0, 0.1) is 25.5 Å². The maximum atomic E-state index is 13.5. The van der Waals surface area contributed by atoms with Gasteiger partial charge in [-0.15, -0.1) is 0 Å². The van der Waals surface area contributed by atoms with Gasteiger partial charge in [0, 0.05) is 0 Å². The Labute approximate surface area is 135 Å². The number of hydrogen-bond donors (Lipinski definition) is 2. The summed E-state index contributed by atoms with van der Waals surface area (Å²) in [5.41, 5.74) is 2.46. The van der Waals surface area contributed by atoms with Gasteiger partial charge in [-0.05, 0) is 43.2 Å². The molecule has 3 aromatic rings. The van der Waals surface area contributed by atoms with E-state index in [9.17, 15) is 13.6 Å². The summed E-state index contributed by atoms with van der Waals surface area (Å²) in [6.45, 7) is 3.94. The molecule has 1 heterocycles. The minimum absolute atomic E-state index is 0.364. The van der Waals surface area contributed by atoms with Gasteiger partial charge in [-0.3, -0.25) is 5.32 Å². The average molecular weight is 333 g/mol. The van der Waals surface area contributed by atoms with Gasteiger partial charge in [0.05, 0.1) is 10.2 Å². The Hall–Kier alpha value is -2.54. The molecule has 2 amide bonds. The molecule has 0 aliphatic heterocycles. The first-order chi connectivity index (χ1) is 11.0. The summed E-state index contributed by atoms with van der Waals surface area (Å²) in [5, 5.41) is 5.03. The second-order valence-corrected chi connectivity index (χ2v) is 6.08. The fourth-order valence-corrected chi connectivity index (χ4v) is 3.06. The van der Waals surface area contributed by atoms with E-state index in [0.29, 0.717) is 5.13 Å². The zero-order valence-corrected chi connectivity index (χ0v) is 13.2. The third-order valence-corrected chi connectivity index (χ3v) is 4.44. The van der Waals surface area contributed by atoms with Crippen molar-refractivity contribution in [1.82, 2.24) is 4.98 Å². The quantitative estimate of drug-likeness (QED) is 0.705. The van der Waals surface area contributed by atoms with E-state index in [2.05, 4.69) is 15.6 Å². The van der Waals surface area contributed by atoms with Crippen LogP contribution in [0.1, 0.15) is 11.1 Å². The number of urea groups is 1. The van der Waals surface area contributed by atoms with Gasteiger partial charge in [0.25, 0.3) is 0 Å². The first-order valence-electron chi connectivity index (χ1n) is 6.84. The molecule has 3 rings (SSSR count). The second-order valence-electron chi connectivity index (χ2n) is 5.05. The summed E-state index contributed by atoms with van der Waals surface area (Å²) in [6.07, 6.45) is 0. The molecule has 0 saturated heterocycles. The number of fused-ring (bicyclic) bond motifs is 1. The zero-order valence-electron chi connectivity index (χ0n) is 12.4. The minimum Gasteiger partial charge on any atom is -0.302 e. The van der Waals surface area contributed by atoms with E-state index in [1.54, 1.807) is 0 Å². The molecule has 2 N–H and O–H groups in total.